The van der Waals surface area contributed by atoms with E-state index in [1.54, 1.807) is 11.8 Å². The number of aldehydes is 1. The zero-order valence-electron chi connectivity index (χ0n) is 15.6. The first-order valence-electron chi connectivity index (χ1n) is 9.10. The van der Waals surface area contributed by atoms with Crippen LogP contribution in [0.1, 0.15) is 16.1 Å². The topological polar surface area (TPSA) is 44.1 Å². The van der Waals surface area contributed by atoms with Crippen LogP contribution in [0.2, 0.25) is 0 Å². The average molecular weight is 368 g/mol. The van der Waals surface area contributed by atoms with Gasteiger partial charge in [0.2, 0.25) is 0 Å². The van der Waals surface area contributed by atoms with Crippen LogP contribution in [-0.2, 0) is 6.54 Å². The lowest BCUT2D eigenvalue weighted by Crippen LogP contribution is -2.06. The molecule has 0 amide bonds. The molecule has 0 spiro atoms. The highest BCUT2D eigenvalue weighted by Gasteiger charge is 2.20. The van der Waals surface area contributed by atoms with Gasteiger partial charge in [0, 0.05) is 11.1 Å². The molecular formula is C24H20N2O2. The number of carbonyl (C=O) groups is 1. The summed E-state index contributed by atoms with van der Waals surface area (Å²) < 4.78 is 7.00. The van der Waals surface area contributed by atoms with E-state index >= 15 is 0 Å². The number of hydrogen-bond donors (Lipinski definition) is 0. The highest BCUT2D eigenvalue weighted by atomic mass is 16.5. The van der Waals surface area contributed by atoms with Crippen molar-refractivity contribution in [1.82, 2.24) is 9.78 Å². The molecule has 4 aromatic rings. The fourth-order valence-electron chi connectivity index (χ4n) is 3.31. The van der Waals surface area contributed by atoms with Crippen molar-refractivity contribution in [3.8, 4) is 28.1 Å². The number of rotatable bonds is 6. The normalized spacial score (nSPS) is 10.6. The van der Waals surface area contributed by atoms with Gasteiger partial charge >= 0.3 is 0 Å². The Bertz CT molecular complexity index is 1070. The van der Waals surface area contributed by atoms with E-state index in [1.165, 1.54) is 0 Å². The lowest BCUT2D eigenvalue weighted by Gasteiger charge is -2.06. The molecule has 1 aromatic heterocycles. The fraction of sp³-hybridized carbons (Fsp3) is 0.0833. The van der Waals surface area contributed by atoms with Gasteiger partial charge in [0.25, 0.3) is 0 Å². The number of ether oxygens (including phenoxy) is 1. The third kappa shape index (κ3) is 3.45. The first-order chi connectivity index (χ1) is 13.8. The van der Waals surface area contributed by atoms with Crippen LogP contribution in [-0.4, -0.2) is 23.2 Å². The molecule has 0 N–H and O–H groups in total. The molecule has 138 valence electrons. The first kappa shape index (κ1) is 17.7. The van der Waals surface area contributed by atoms with Gasteiger partial charge < -0.3 is 4.74 Å². The molecule has 0 fully saturated rings. The van der Waals surface area contributed by atoms with Crippen molar-refractivity contribution in [3.05, 3.63) is 96.2 Å². The second-order valence-corrected chi connectivity index (χ2v) is 6.46. The predicted octanol–water partition coefficient (Wildman–Crippen LogP) is 5.09. The molecule has 0 saturated heterocycles. The van der Waals surface area contributed by atoms with Gasteiger partial charge in [-0.25, -0.2) is 0 Å². The van der Waals surface area contributed by atoms with Crippen LogP contribution in [0, 0.1) is 0 Å². The number of benzene rings is 3. The van der Waals surface area contributed by atoms with Gasteiger partial charge in [-0.1, -0.05) is 72.8 Å². The zero-order valence-corrected chi connectivity index (χ0v) is 15.6. The molecule has 0 bridgehead atoms. The van der Waals surface area contributed by atoms with E-state index in [-0.39, 0.29) is 0 Å². The summed E-state index contributed by atoms with van der Waals surface area (Å²) in [6, 6.07) is 27.7. The predicted molar refractivity (Wildman–Crippen MR) is 111 cm³/mol. The molecule has 1 heterocycles. The average Bonchev–Trinajstić information content (AvgIpc) is 3.13. The quantitative estimate of drug-likeness (QED) is 0.446. The second kappa shape index (κ2) is 7.92. The molecule has 0 aliphatic rings. The van der Waals surface area contributed by atoms with Crippen molar-refractivity contribution < 1.29 is 9.53 Å². The van der Waals surface area contributed by atoms with E-state index < -0.39 is 0 Å². The third-order valence-electron chi connectivity index (χ3n) is 4.70. The Morgan fingerprint density at radius 3 is 2.04 bits per heavy atom. The highest BCUT2D eigenvalue weighted by Crippen LogP contribution is 2.34. The molecule has 4 rings (SSSR count). The summed E-state index contributed by atoms with van der Waals surface area (Å²) in [4.78, 5) is 12.1. The Kier molecular flexibility index (Phi) is 5.02. The minimum Gasteiger partial charge on any atom is -0.497 e. The maximum atomic E-state index is 12.1. The second-order valence-electron chi connectivity index (χ2n) is 6.46. The standard InChI is InChI=1S/C24H20N2O2/c1-28-21-14-12-18(13-15-21)16-26-22(17-27)23(19-8-4-2-5-9-19)24(25-26)20-10-6-3-7-11-20/h2-15,17H,16H2,1H3. The molecule has 0 atom stereocenters. The first-order valence-corrected chi connectivity index (χ1v) is 9.10. The maximum absolute atomic E-state index is 12.1. The molecule has 0 radical (unpaired) electrons. The van der Waals surface area contributed by atoms with E-state index in [0.29, 0.717) is 12.2 Å². The van der Waals surface area contributed by atoms with E-state index in [4.69, 9.17) is 9.84 Å². The lowest BCUT2D eigenvalue weighted by atomic mass is 9.99. The largest absolute Gasteiger partial charge is 0.497 e. The molecule has 28 heavy (non-hydrogen) atoms. The maximum Gasteiger partial charge on any atom is 0.168 e. The number of nitrogens with zero attached hydrogens (tertiary/aromatic N) is 2. The Morgan fingerprint density at radius 2 is 1.46 bits per heavy atom. The summed E-state index contributed by atoms with van der Waals surface area (Å²) in [6.45, 7) is 0.505. The minimum atomic E-state index is 0.505. The zero-order chi connectivity index (χ0) is 19.3. The molecule has 4 nitrogen and oxygen atoms in total. The van der Waals surface area contributed by atoms with Crippen LogP contribution >= 0.6 is 0 Å². The van der Waals surface area contributed by atoms with Crippen LogP contribution in [0.5, 0.6) is 5.75 Å². The van der Waals surface area contributed by atoms with Gasteiger partial charge in [0.1, 0.15) is 17.1 Å². The van der Waals surface area contributed by atoms with E-state index in [2.05, 4.69) is 0 Å². The van der Waals surface area contributed by atoms with Crippen LogP contribution in [0.15, 0.2) is 84.9 Å². The number of methoxy groups -OCH3 is 1. The van der Waals surface area contributed by atoms with E-state index in [9.17, 15) is 4.79 Å². The summed E-state index contributed by atoms with van der Waals surface area (Å²) in [7, 11) is 1.64. The summed E-state index contributed by atoms with van der Waals surface area (Å²) >= 11 is 0. The van der Waals surface area contributed by atoms with Crippen LogP contribution < -0.4 is 4.74 Å². The van der Waals surface area contributed by atoms with E-state index in [0.717, 1.165) is 40.0 Å². The van der Waals surface area contributed by atoms with E-state index in [1.807, 2.05) is 84.9 Å². The third-order valence-corrected chi connectivity index (χ3v) is 4.70. The van der Waals surface area contributed by atoms with Gasteiger partial charge in [0.05, 0.1) is 13.7 Å². The Balaban J connectivity index is 1.85. The summed E-state index contributed by atoms with van der Waals surface area (Å²) in [5, 5.41) is 4.82. The number of carbonyl (C=O) groups excluding carboxylic acids is 1. The van der Waals surface area contributed by atoms with Gasteiger partial charge in [-0.2, -0.15) is 5.10 Å². The number of hydrogen-bond acceptors (Lipinski definition) is 3. The molecule has 0 unspecified atom stereocenters. The SMILES string of the molecule is COc1ccc(Cn2nc(-c3ccccc3)c(-c3ccccc3)c2C=O)cc1. The van der Waals surface area contributed by atoms with Crippen molar-refractivity contribution in [3.63, 3.8) is 0 Å². The van der Waals surface area contributed by atoms with Gasteiger partial charge in [-0.15, -0.1) is 0 Å². The van der Waals surface area contributed by atoms with Crippen LogP contribution in [0.4, 0.5) is 0 Å². The fourth-order valence-corrected chi connectivity index (χ4v) is 3.31. The molecule has 0 saturated carbocycles. The molecular weight excluding hydrogens is 348 g/mol. The lowest BCUT2D eigenvalue weighted by molar-refractivity contribution is 0.111. The van der Waals surface area contributed by atoms with Crippen molar-refractivity contribution in [2.24, 2.45) is 0 Å². The van der Waals surface area contributed by atoms with Crippen molar-refractivity contribution >= 4 is 6.29 Å². The van der Waals surface area contributed by atoms with Gasteiger partial charge in [0.15, 0.2) is 6.29 Å². The molecule has 4 heteroatoms. The Hall–Kier alpha value is -3.66. The molecule has 3 aromatic carbocycles. The smallest absolute Gasteiger partial charge is 0.168 e. The number of aromatic nitrogens is 2. The summed E-state index contributed by atoms with van der Waals surface area (Å²) in [5.41, 5.74) is 5.24. The van der Waals surface area contributed by atoms with Crippen molar-refractivity contribution in [2.45, 2.75) is 6.54 Å². The molecule has 0 aliphatic carbocycles. The highest BCUT2D eigenvalue weighted by molar-refractivity contribution is 5.93. The van der Waals surface area contributed by atoms with Gasteiger partial charge in [-0.05, 0) is 23.3 Å². The van der Waals surface area contributed by atoms with Gasteiger partial charge in [-0.3, -0.25) is 9.48 Å². The Labute approximate surface area is 164 Å². The van der Waals surface area contributed by atoms with Crippen LogP contribution in [0.25, 0.3) is 22.4 Å². The van der Waals surface area contributed by atoms with Crippen LogP contribution in [0.3, 0.4) is 0 Å². The monoisotopic (exact) mass is 368 g/mol. The summed E-state index contributed by atoms with van der Waals surface area (Å²) in [6.07, 6.45) is 0.894. The minimum absolute atomic E-state index is 0.505. The van der Waals surface area contributed by atoms with Crippen molar-refractivity contribution in [2.75, 3.05) is 7.11 Å². The molecule has 0 aliphatic heterocycles. The summed E-state index contributed by atoms with van der Waals surface area (Å²) in [5.74, 6) is 0.801. The Morgan fingerprint density at radius 1 is 0.857 bits per heavy atom. The van der Waals surface area contributed by atoms with Crippen molar-refractivity contribution in [1.29, 1.82) is 0 Å².